The van der Waals surface area contributed by atoms with Gasteiger partial charge in [-0.1, -0.05) is 6.07 Å². The van der Waals surface area contributed by atoms with Gasteiger partial charge in [-0.2, -0.15) is 0 Å². The second kappa shape index (κ2) is 6.73. The van der Waals surface area contributed by atoms with Crippen LogP contribution in [0.15, 0.2) is 24.3 Å². The first-order valence-electron chi connectivity index (χ1n) is 6.41. The van der Waals surface area contributed by atoms with Gasteiger partial charge in [-0.3, -0.25) is 20.4 Å². The fourth-order valence-electron chi connectivity index (χ4n) is 2.17. The van der Waals surface area contributed by atoms with Crippen molar-refractivity contribution >= 4 is 44.2 Å². The molecule has 0 spiro atoms. The monoisotopic (exact) mass is 422 g/mol. The Kier molecular flexibility index (Phi) is 5.20. The molecule has 6 nitrogen and oxygen atoms in total. The van der Waals surface area contributed by atoms with Crippen molar-refractivity contribution in [3.8, 4) is 0 Å². The molecule has 2 N–H and O–H groups in total. The van der Waals surface area contributed by atoms with Crippen LogP contribution in [0.25, 0.3) is 0 Å². The molecule has 2 rings (SSSR count). The van der Waals surface area contributed by atoms with Gasteiger partial charge < -0.3 is 0 Å². The summed E-state index contributed by atoms with van der Waals surface area (Å²) in [6.45, 7) is 0. The normalized spacial score (nSPS) is 20.0. The van der Waals surface area contributed by atoms with E-state index in [0.29, 0.717) is 12.0 Å². The van der Waals surface area contributed by atoms with Gasteiger partial charge in [0, 0.05) is 15.6 Å². The molecule has 21 heavy (non-hydrogen) atoms. The molecule has 1 heterocycles. The van der Waals surface area contributed by atoms with E-state index in [4.69, 9.17) is 0 Å². The molecule has 1 atom stereocenters. The van der Waals surface area contributed by atoms with Crippen LogP contribution in [0.4, 0.5) is 0 Å². The summed E-state index contributed by atoms with van der Waals surface area (Å²) in [6, 6.07) is 6.96. The van der Waals surface area contributed by atoms with E-state index in [1.807, 2.05) is 6.07 Å². The first kappa shape index (κ1) is 16.2. The number of hydrazine groups is 1. The SMILES string of the molecule is O=C(CC1CCS(=O)(=O)C1)NNC(=O)c1cccc(I)c1. The molecule has 1 aliphatic heterocycles. The van der Waals surface area contributed by atoms with E-state index in [9.17, 15) is 18.0 Å². The lowest BCUT2D eigenvalue weighted by atomic mass is 10.1. The summed E-state index contributed by atoms with van der Waals surface area (Å²) in [5.74, 6) is -0.757. The van der Waals surface area contributed by atoms with Crippen LogP contribution in [0.5, 0.6) is 0 Å². The zero-order valence-corrected chi connectivity index (χ0v) is 14.1. The molecule has 0 saturated carbocycles. The third-order valence-corrected chi connectivity index (χ3v) is 5.71. The highest BCUT2D eigenvalue weighted by molar-refractivity contribution is 14.1. The van der Waals surface area contributed by atoms with Gasteiger partial charge in [0.25, 0.3) is 5.91 Å². The molecule has 8 heteroatoms. The van der Waals surface area contributed by atoms with Gasteiger partial charge in [-0.05, 0) is 53.1 Å². The maximum Gasteiger partial charge on any atom is 0.269 e. The smallest absolute Gasteiger partial charge is 0.269 e. The number of sulfone groups is 1. The van der Waals surface area contributed by atoms with E-state index < -0.39 is 15.7 Å². The third-order valence-electron chi connectivity index (χ3n) is 3.20. The van der Waals surface area contributed by atoms with Crippen LogP contribution in [0.1, 0.15) is 23.2 Å². The summed E-state index contributed by atoms with van der Waals surface area (Å²) in [4.78, 5) is 23.5. The molecule has 1 aromatic rings. The van der Waals surface area contributed by atoms with Gasteiger partial charge in [0.1, 0.15) is 0 Å². The quantitative estimate of drug-likeness (QED) is 0.559. The zero-order chi connectivity index (χ0) is 15.5. The second-order valence-corrected chi connectivity index (χ2v) is 8.46. The highest BCUT2D eigenvalue weighted by Gasteiger charge is 2.29. The van der Waals surface area contributed by atoms with Crippen LogP contribution in [-0.4, -0.2) is 31.7 Å². The Hall–Kier alpha value is -1.16. The van der Waals surface area contributed by atoms with Crippen LogP contribution >= 0.6 is 22.6 Å². The van der Waals surface area contributed by atoms with Crippen molar-refractivity contribution < 1.29 is 18.0 Å². The molecule has 0 bridgehead atoms. The molecular formula is C13H15IN2O4S. The molecule has 114 valence electrons. The second-order valence-electron chi connectivity index (χ2n) is 4.99. The molecule has 2 amide bonds. The first-order chi connectivity index (χ1) is 9.85. The lowest BCUT2D eigenvalue weighted by Gasteiger charge is -2.10. The number of rotatable bonds is 3. The summed E-state index contributed by atoms with van der Waals surface area (Å²) in [5.41, 5.74) is 5.10. The predicted octanol–water partition coefficient (Wildman–Crippen LogP) is 0.877. The lowest BCUT2D eigenvalue weighted by molar-refractivity contribution is -0.122. The summed E-state index contributed by atoms with van der Waals surface area (Å²) in [7, 11) is -2.99. The van der Waals surface area contributed by atoms with Crippen molar-refractivity contribution in [1.82, 2.24) is 10.9 Å². The van der Waals surface area contributed by atoms with E-state index in [1.165, 1.54) is 0 Å². The van der Waals surface area contributed by atoms with Crippen LogP contribution in [0.3, 0.4) is 0 Å². The van der Waals surface area contributed by atoms with Crippen molar-refractivity contribution in [2.24, 2.45) is 5.92 Å². The van der Waals surface area contributed by atoms with Crippen LogP contribution in [-0.2, 0) is 14.6 Å². The van der Waals surface area contributed by atoms with Crippen molar-refractivity contribution in [1.29, 1.82) is 0 Å². The zero-order valence-electron chi connectivity index (χ0n) is 11.1. The maximum atomic E-state index is 11.8. The minimum Gasteiger partial charge on any atom is -0.273 e. The molecule has 1 saturated heterocycles. The van der Waals surface area contributed by atoms with Gasteiger partial charge in [0.15, 0.2) is 9.84 Å². The number of halogens is 1. The molecule has 0 radical (unpaired) electrons. The van der Waals surface area contributed by atoms with Gasteiger partial charge in [0.05, 0.1) is 11.5 Å². The third kappa shape index (κ3) is 4.95. The van der Waals surface area contributed by atoms with Crippen molar-refractivity contribution in [3.63, 3.8) is 0 Å². The summed E-state index contributed by atoms with van der Waals surface area (Å²) in [6.07, 6.45) is 0.604. The Morgan fingerprint density at radius 2 is 2.05 bits per heavy atom. The first-order valence-corrected chi connectivity index (χ1v) is 9.31. The highest BCUT2D eigenvalue weighted by atomic mass is 127. The molecule has 1 unspecified atom stereocenters. The topological polar surface area (TPSA) is 92.3 Å². The average Bonchev–Trinajstić information content (AvgIpc) is 2.75. The predicted molar refractivity (Wildman–Crippen MR) is 86.1 cm³/mol. The standard InChI is InChI=1S/C13H15IN2O4S/c14-11-3-1-2-10(7-11)13(18)16-15-12(17)6-9-4-5-21(19,20)8-9/h1-3,7,9H,4-6,8H2,(H,15,17)(H,16,18). The fourth-order valence-corrected chi connectivity index (χ4v) is 4.58. The molecule has 1 fully saturated rings. The maximum absolute atomic E-state index is 11.8. The molecule has 1 aliphatic rings. The van der Waals surface area contributed by atoms with E-state index in [2.05, 4.69) is 33.4 Å². The number of nitrogens with one attached hydrogen (secondary N) is 2. The van der Waals surface area contributed by atoms with Crippen LogP contribution in [0.2, 0.25) is 0 Å². The van der Waals surface area contributed by atoms with Gasteiger partial charge in [0.2, 0.25) is 5.91 Å². The Morgan fingerprint density at radius 1 is 1.29 bits per heavy atom. The van der Waals surface area contributed by atoms with E-state index >= 15 is 0 Å². The number of hydrogen-bond donors (Lipinski definition) is 2. The highest BCUT2D eigenvalue weighted by Crippen LogP contribution is 2.21. The van der Waals surface area contributed by atoms with Crippen molar-refractivity contribution in [2.45, 2.75) is 12.8 Å². The van der Waals surface area contributed by atoms with Gasteiger partial charge in [-0.25, -0.2) is 8.42 Å². The van der Waals surface area contributed by atoms with Gasteiger partial charge >= 0.3 is 0 Å². The number of hydrogen-bond acceptors (Lipinski definition) is 4. The van der Waals surface area contributed by atoms with E-state index in [1.54, 1.807) is 18.2 Å². The number of amides is 2. The van der Waals surface area contributed by atoms with E-state index in [-0.39, 0.29) is 29.8 Å². The lowest BCUT2D eigenvalue weighted by Crippen LogP contribution is -2.42. The van der Waals surface area contributed by atoms with Crippen molar-refractivity contribution in [2.75, 3.05) is 11.5 Å². The Morgan fingerprint density at radius 3 is 2.67 bits per heavy atom. The van der Waals surface area contributed by atoms with Gasteiger partial charge in [-0.15, -0.1) is 0 Å². The van der Waals surface area contributed by atoms with E-state index in [0.717, 1.165) is 3.57 Å². The molecular weight excluding hydrogens is 407 g/mol. The number of carbonyl (C=O) groups excluding carboxylic acids is 2. The largest absolute Gasteiger partial charge is 0.273 e. The Labute approximate surface area is 136 Å². The summed E-state index contributed by atoms with van der Waals surface area (Å²) in [5, 5.41) is 0. The Bertz CT molecular complexity index is 660. The molecule has 0 aromatic heterocycles. The minimum atomic E-state index is -2.99. The summed E-state index contributed by atoms with van der Waals surface area (Å²) >= 11 is 2.09. The minimum absolute atomic E-state index is 0.0469. The van der Waals surface area contributed by atoms with Crippen molar-refractivity contribution in [3.05, 3.63) is 33.4 Å². The number of carbonyl (C=O) groups is 2. The van der Waals surface area contributed by atoms with Crippen LogP contribution < -0.4 is 10.9 Å². The molecule has 0 aliphatic carbocycles. The fraction of sp³-hybridized carbons (Fsp3) is 0.385. The Balaban J connectivity index is 1.80. The number of benzene rings is 1. The summed E-state index contributed by atoms with van der Waals surface area (Å²) < 4.78 is 23.5. The molecule has 1 aromatic carbocycles. The average molecular weight is 422 g/mol. The van der Waals surface area contributed by atoms with Crippen LogP contribution in [0, 0.1) is 9.49 Å².